The van der Waals surface area contributed by atoms with Crippen molar-refractivity contribution in [2.75, 3.05) is 6.54 Å². The number of thiophene rings is 2. The van der Waals surface area contributed by atoms with Crippen LogP contribution in [0.15, 0.2) is 124 Å². The van der Waals surface area contributed by atoms with Gasteiger partial charge in [0.25, 0.3) is 10.0 Å². The maximum atomic E-state index is 14.7. The molecule has 55 heavy (non-hydrogen) atoms. The number of aliphatic hydroxyl groups is 2. The standard InChI is InChI=1S/C46H47NO5S3/c1-31-10-8-23-45(2)40(38-21-19-32(26-36(48)20-18-31)27-39(38)44(49)42-28-34-12-4-6-16-41(34)54-42)22-24-46(45,50)30-47(55(51,52)43-17-9-25-53-43)29-35-14-7-13-33-11-3-5-15-37(33)35/h3-7,9-17,19,21,25,27-28,36,40,48,50H,8,18,20,22-24,26,29-30H2,1-2H3/t36-,40-,45-,46+/m0/s1. The van der Waals surface area contributed by atoms with E-state index in [0.717, 1.165) is 44.0 Å². The molecule has 6 aromatic rings. The molecule has 3 aliphatic rings. The molecule has 0 spiro atoms. The summed E-state index contributed by atoms with van der Waals surface area (Å²) < 4.78 is 32.0. The van der Waals surface area contributed by atoms with Gasteiger partial charge in [-0.05, 0) is 120 Å². The Bertz CT molecular complexity index is 2470. The largest absolute Gasteiger partial charge is 0.393 e. The van der Waals surface area contributed by atoms with Crippen LogP contribution in [0.3, 0.4) is 0 Å². The second-order valence-electron chi connectivity index (χ2n) is 15.8. The van der Waals surface area contributed by atoms with Crippen LogP contribution < -0.4 is 0 Å². The minimum atomic E-state index is -3.99. The predicted molar refractivity (Wildman–Crippen MR) is 225 cm³/mol. The summed E-state index contributed by atoms with van der Waals surface area (Å²) in [5.41, 5.74) is 2.21. The van der Waals surface area contributed by atoms with E-state index in [1.807, 2.05) is 91.0 Å². The number of ketones is 1. The number of allylic oxidation sites excluding steroid dienone is 2. The number of sulfonamides is 1. The van der Waals surface area contributed by atoms with Crippen molar-refractivity contribution in [1.29, 1.82) is 0 Å². The summed E-state index contributed by atoms with van der Waals surface area (Å²) >= 11 is 2.67. The van der Waals surface area contributed by atoms with Gasteiger partial charge in [0, 0.05) is 28.8 Å². The van der Waals surface area contributed by atoms with Gasteiger partial charge < -0.3 is 10.2 Å². The van der Waals surface area contributed by atoms with Gasteiger partial charge >= 0.3 is 0 Å². The molecule has 2 bridgehead atoms. The Hall–Kier alpha value is -3.96. The second kappa shape index (κ2) is 15.2. The first-order valence-corrected chi connectivity index (χ1v) is 22.3. The summed E-state index contributed by atoms with van der Waals surface area (Å²) in [5, 5.41) is 29.1. The van der Waals surface area contributed by atoms with Crippen LogP contribution in [-0.4, -0.2) is 47.0 Å². The minimum absolute atomic E-state index is 0.0639. The van der Waals surface area contributed by atoms with E-state index < -0.39 is 27.1 Å². The van der Waals surface area contributed by atoms with E-state index in [1.54, 1.807) is 17.5 Å². The predicted octanol–water partition coefficient (Wildman–Crippen LogP) is 10.3. The lowest BCUT2D eigenvalue weighted by atomic mass is 9.65. The van der Waals surface area contributed by atoms with Crippen LogP contribution in [0, 0.1) is 5.41 Å². The van der Waals surface area contributed by atoms with Crippen molar-refractivity contribution in [2.45, 2.75) is 87.2 Å². The van der Waals surface area contributed by atoms with Crippen molar-refractivity contribution in [3.8, 4) is 0 Å². The van der Waals surface area contributed by atoms with Gasteiger partial charge in [0.05, 0.1) is 16.6 Å². The Balaban J connectivity index is 1.24. The van der Waals surface area contributed by atoms with Crippen LogP contribution in [0.4, 0.5) is 0 Å². The summed E-state index contributed by atoms with van der Waals surface area (Å²) in [6.45, 7) is 4.22. The zero-order valence-electron chi connectivity index (χ0n) is 31.3. The lowest BCUT2D eigenvalue weighted by molar-refractivity contribution is -0.0731. The highest BCUT2D eigenvalue weighted by Crippen LogP contribution is 2.59. The number of hydrogen-bond donors (Lipinski definition) is 2. The molecular formula is C46H47NO5S3. The molecule has 4 aromatic carbocycles. The number of aliphatic hydroxyl groups excluding tert-OH is 1. The molecule has 6 nitrogen and oxygen atoms in total. The average molecular weight is 790 g/mol. The first-order valence-electron chi connectivity index (χ1n) is 19.2. The topological polar surface area (TPSA) is 94.9 Å². The van der Waals surface area contributed by atoms with Crippen molar-refractivity contribution in [1.82, 2.24) is 4.31 Å². The van der Waals surface area contributed by atoms with E-state index in [1.165, 1.54) is 32.6 Å². The molecule has 1 saturated carbocycles. The summed E-state index contributed by atoms with van der Waals surface area (Å²) in [7, 11) is -3.99. The molecule has 9 heteroatoms. The van der Waals surface area contributed by atoms with Crippen molar-refractivity contribution in [3.63, 3.8) is 0 Å². The van der Waals surface area contributed by atoms with Crippen LogP contribution in [0.25, 0.3) is 20.9 Å². The maximum absolute atomic E-state index is 14.7. The average Bonchev–Trinajstić information content (AvgIpc) is 3.93. The quantitative estimate of drug-likeness (QED) is 0.118. The van der Waals surface area contributed by atoms with Crippen LogP contribution >= 0.6 is 22.7 Å². The molecule has 0 aliphatic heterocycles. The Labute approximate surface area is 331 Å². The zero-order valence-corrected chi connectivity index (χ0v) is 33.7. The van der Waals surface area contributed by atoms with Gasteiger partial charge in [-0.25, -0.2) is 8.42 Å². The van der Waals surface area contributed by atoms with E-state index >= 15 is 0 Å². The van der Waals surface area contributed by atoms with Crippen LogP contribution in [0.5, 0.6) is 0 Å². The number of rotatable bonds is 8. The van der Waals surface area contributed by atoms with Gasteiger partial charge in [0.1, 0.15) is 4.21 Å². The van der Waals surface area contributed by atoms with Crippen molar-refractivity contribution in [2.24, 2.45) is 5.41 Å². The molecule has 2 aromatic heterocycles. The van der Waals surface area contributed by atoms with E-state index in [-0.39, 0.29) is 29.0 Å². The van der Waals surface area contributed by atoms with Gasteiger partial charge in [-0.2, -0.15) is 4.31 Å². The zero-order chi connectivity index (χ0) is 38.4. The Kier molecular flexibility index (Phi) is 10.5. The molecule has 0 saturated heterocycles. The van der Waals surface area contributed by atoms with Gasteiger partial charge in [-0.15, -0.1) is 22.7 Å². The van der Waals surface area contributed by atoms with E-state index in [2.05, 4.69) is 19.9 Å². The molecule has 3 aliphatic carbocycles. The molecule has 0 unspecified atom stereocenters. The van der Waals surface area contributed by atoms with Crippen LogP contribution in [-0.2, 0) is 23.0 Å². The van der Waals surface area contributed by atoms with Gasteiger partial charge in [-0.3, -0.25) is 4.79 Å². The third kappa shape index (κ3) is 7.27. The van der Waals surface area contributed by atoms with Crippen LogP contribution in [0.1, 0.15) is 90.2 Å². The molecule has 284 valence electrons. The van der Waals surface area contributed by atoms with E-state index in [9.17, 15) is 23.4 Å². The first-order chi connectivity index (χ1) is 26.4. The fraction of sp³-hybridized carbons (Fsp3) is 0.326. The summed E-state index contributed by atoms with van der Waals surface area (Å²) in [4.78, 5) is 15.3. The third-order valence-electron chi connectivity index (χ3n) is 12.3. The van der Waals surface area contributed by atoms with Crippen LogP contribution in [0.2, 0.25) is 0 Å². The number of nitrogens with zero attached hydrogens (tertiary/aromatic N) is 1. The fourth-order valence-corrected chi connectivity index (χ4v) is 12.7. The lowest BCUT2D eigenvalue weighted by Gasteiger charge is -2.46. The molecule has 0 radical (unpaired) electrons. The summed E-state index contributed by atoms with van der Waals surface area (Å²) in [6, 6.07) is 33.3. The highest BCUT2D eigenvalue weighted by molar-refractivity contribution is 7.91. The highest BCUT2D eigenvalue weighted by Gasteiger charge is 2.58. The van der Waals surface area contributed by atoms with Gasteiger partial charge in [0.15, 0.2) is 0 Å². The molecule has 2 heterocycles. The van der Waals surface area contributed by atoms with Crippen molar-refractivity contribution < 1.29 is 23.4 Å². The minimum Gasteiger partial charge on any atom is -0.393 e. The summed E-state index contributed by atoms with van der Waals surface area (Å²) in [5.74, 6) is -0.295. The normalized spacial score (nSPS) is 23.5. The second-order valence-corrected chi connectivity index (χ2v) is 20.0. The first kappa shape index (κ1) is 37.9. The molecule has 4 atom stereocenters. The number of hydrogen-bond acceptors (Lipinski definition) is 7. The highest BCUT2D eigenvalue weighted by atomic mass is 32.2. The lowest BCUT2D eigenvalue weighted by Crippen LogP contribution is -2.53. The number of carbonyl (C=O) groups excluding carboxylic acids is 1. The van der Waals surface area contributed by atoms with Gasteiger partial charge in [-0.1, -0.05) is 97.4 Å². The smallest absolute Gasteiger partial charge is 0.252 e. The van der Waals surface area contributed by atoms with Gasteiger partial charge in [0.2, 0.25) is 5.78 Å². The SMILES string of the molecule is CC1=CCC[C@@]2(C)[C@@H](CC[C@@]2(O)CN(Cc2cccc3ccccc23)S(=O)(=O)c2cccs2)c2ccc(cc2C(=O)c2cc3ccccc3s2)C[C@@H](O)CC1. The van der Waals surface area contributed by atoms with E-state index in [0.29, 0.717) is 49.0 Å². The maximum Gasteiger partial charge on any atom is 0.252 e. The summed E-state index contributed by atoms with van der Waals surface area (Å²) in [6.07, 6.45) is 5.70. The molecular weight excluding hydrogens is 743 g/mol. The number of benzene rings is 4. The number of fused-ring (bicyclic) bond motifs is 10. The third-order valence-corrected chi connectivity index (χ3v) is 16.6. The molecule has 1 fully saturated rings. The Morgan fingerprint density at radius 3 is 2.49 bits per heavy atom. The Morgan fingerprint density at radius 1 is 0.909 bits per heavy atom. The fourth-order valence-electron chi connectivity index (χ4n) is 9.10. The van der Waals surface area contributed by atoms with E-state index in [4.69, 9.17) is 0 Å². The Morgan fingerprint density at radius 2 is 1.69 bits per heavy atom. The van der Waals surface area contributed by atoms with Crippen molar-refractivity contribution >= 4 is 59.3 Å². The number of carbonyl (C=O) groups is 1. The van der Waals surface area contributed by atoms with Crippen molar-refractivity contribution in [3.05, 3.63) is 147 Å². The molecule has 0 amide bonds. The molecule has 2 N–H and O–H groups in total. The monoisotopic (exact) mass is 789 g/mol. The molecule has 9 rings (SSSR count).